The fourth-order valence-electron chi connectivity index (χ4n) is 7.47. The van der Waals surface area contributed by atoms with Gasteiger partial charge in [0.2, 0.25) is 0 Å². The maximum atomic E-state index is 14.3. The van der Waals surface area contributed by atoms with E-state index in [4.69, 9.17) is 5.26 Å². The summed E-state index contributed by atoms with van der Waals surface area (Å²) in [5, 5.41) is 12.1. The van der Waals surface area contributed by atoms with E-state index in [0.29, 0.717) is 50.4 Å². The van der Waals surface area contributed by atoms with Crippen molar-refractivity contribution in [1.82, 2.24) is 19.6 Å². The summed E-state index contributed by atoms with van der Waals surface area (Å²) in [4.78, 5) is 9.45. The van der Waals surface area contributed by atoms with Gasteiger partial charge in [0, 0.05) is 97.6 Å². The van der Waals surface area contributed by atoms with Crippen molar-refractivity contribution < 1.29 is 57.2 Å². The third-order valence-electron chi connectivity index (χ3n) is 10.1. The largest absolute Gasteiger partial charge is 1.00 e. The Hall–Kier alpha value is -4.58. The van der Waals surface area contributed by atoms with E-state index in [1.807, 2.05) is 12.1 Å². The first kappa shape index (κ1) is 49.1. The Kier molecular flexibility index (Phi) is 19.4. The Morgan fingerprint density at radius 2 is 0.721 bits per heavy atom. The zero-order valence-corrected chi connectivity index (χ0v) is 35.2. The maximum Gasteiger partial charge on any atom is 1.00 e. The standard InChI is InChI=1S/C44H44F4N4.C2H3N.Ag.BF4/c45-39-23-33(24-40(46)27-39)29-49-15-19-51(31-37-11-5-9-35-7-1-3-13-43(35)37)20-16-50(30-34-25-41(47)28-42(48)26-34)18-22-52(21-17-49)32-38-12-6-10-36-8-2-4-14-44(36)38;1-2-3;;2-1(3,4)5/h1-14,23-28H,15-22,29-32H2;1H3;;/q;;+1;-1. The molecule has 326 valence electrons. The first-order valence-electron chi connectivity index (χ1n) is 19.7. The molecule has 1 aliphatic heterocycles. The molecule has 0 aliphatic carbocycles. The number of halogens is 8. The minimum absolute atomic E-state index is 0. The summed E-state index contributed by atoms with van der Waals surface area (Å²) in [6, 6.07) is 38.8. The number of hydrogen-bond donors (Lipinski definition) is 0. The van der Waals surface area contributed by atoms with Crippen molar-refractivity contribution in [3.63, 3.8) is 0 Å². The molecule has 0 unspecified atom stereocenters. The molecular formula is C46H47AgBF8N5. The number of rotatable bonds is 8. The fourth-order valence-corrected chi connectivity index (χ4v) is 7.47. The van der Waals surface area contributed by atoms with Gasteiger partial charge in [0.15, 0.2) is 0 Å². The number of hydrogen-bond acceptors (Lipinski definition) is 5. The number of benzene rings is 6. The third-order valence-corrected chi connectivity index (χ3v) is 10.1. The molecule has 0 radical (unpaired) electrons. The van der Waals surface area contributed by atoms with Crippen molar-refractivity contribution in [2.75, 3.05) is 52.4 Å². The van der Waals surface area contributed by atoms with Crippen LogP contribution in [0.1, 0.15) is 29.2 Å². The van der Waals surface area contributed by atoms with Gasteiger partial charge in [0.25, 0.3) is 0 Å². The molecule has 0 saturated carbocycles. The van der Waals surface area contributed by atoms with Crippen LogP contribution in [-0.2, 0) is 48.6 Å². The monoisotopic (exact) mass is 939 g/mol. The van der Waals surface area contributed by atoms with Crippen LogP contribution in [0.15, 0.2) is 121 Å². The van der Waals surface area contributed by atoms with Crippen LogP contribution in [0.3, 0.4) is 0 Å². The van der Waals surface area contributed by atoms with Gasteiger partial charge in [-0.15, -0.1) is 0 Å². The van der Waals surface area contributed by atoms with E-state index in [1.54, 1.807) is 6.07 Å². The van der Waals surface area contributed by atoms with Crippen LogP contribution in [0.25, 0.3) is 21.5 Å². The summed E-state index contributed by atoms with van der Waals surface area (Å²) >= 11 is 0. The van der Waals surface area contributed by atoms with Crippen LogP contribution in [0.5, 0.6) is 0 Å². The topological polar surface area (TPSA) is 36.8 Å². The predicted molar refractivity (Wildman–Crippen MR) is 223 cm³/mol. The molecule has 15 heteroatoms. The first-order valence-corrected chi connectivity index (χ1v) is 19.7. The second-order valence-corrected chi connectivity index (χ2v) is 14.7. The van der Waals surface area contributed by atoms with Crippen molar-refractivity contribution >= 4 is 28.8 Å². The van der Waals surface area contributed by atoms with Crippen LogP contribution < -0.4 is 0 Å². The molecule has 7 rings (SSSR count). The Morgan fingerprint density at radius 3 is 1.03 bits per heavy atom. The number of fused-ring (bicyclic) bond motifs is 2. The number of nitrogens with zero attached hydrogens (tertiary/aromatic N) is 5. The van der Waals surface area contributed by atoms with E-state index >= 15 is 0 Å². The molecule has 1 heterocycles. The molecule has 5 nitrogen and oxygen atoms in total. The summed E-state index contributed by atoms with van der Waals surface area (Å²) in [6.45, 7) is 9.42. The molecule has 1 aliphatic rings. The fraction of sp³-hybridized carbons (Fsp3) is 0.283. The Bertz CT molecular complexity index is 2120. The SMILES string of the molecule is CC#N.F[B-](F)(F)F.Fc1cc(F)cc(CN2CCN(Cc3cccc4ccccc34)CCN(Cc3cc(F)cc(F)c3)CCN(Cc3cccc4ccccc34)CC2)c1.[Ag+]. The average molecular weight is 941 g/mol. The predicted octanol–water partition coefficient (Wildman–Crippen LogP) is 10.7. The summed E-state index contributed by atoms with van der Waals surface area (Å²) in [6.07, 6.45) is 0. The number of nitriles is 1. The van der Waals surface area contributed by atoms with E-state index in [-0.39, 0.29) is 22.4 Å². The Balaban J connectivity index is 0.000000838. The summed E-state index contributed by atoms with van der Waals surface area (Å²) in [5.41, 5.74) is 3.67. The van der Waals surface area contributed by atoms with Crippen molar-refractivity contribution in [2.24, 2.45) is 0 Å². The van der Waals surface area contributed by atoms with Crippen molar-refractivity contribution in [2.45, 2.75) is 33.1 Å². The van der Waals surface area contributed by atoms with E-state index in [9.17, 15) is 34.8 Å². The van der Waals surface area contributed by atoms with Gasteiger partial charge in [-0.05, 0) is 68.1 Å². The molecule has 6 aromatic rings. The zero-order chi connectivity index (χ0) is 43.1. The van der Waals surface area contributed by atoms with Gasteiger partial charge >= 0.3 is 29.6 Å². The molecule has 0 atom stereocenters. The smallest absolute Gasteiger partial charge is 0.418 e. The molecule has 0 spiro atoms. The molecule has 6 aromatic carbocycles. The van der Waals surface area contributed by atoms with Crippen molar-refractivity contribution in [3.8, 4) is 6.07 Å². The van der Waals surface area contributed by atoms with Crippen LogP contribution in [0.4, 0.5) is 34.8 Å². The average Bonchev–Trinajstić information content (AvgIpc) is 3.18. The van der Waals surface area contributed by atoms with Crippen LogP contribution in [-0.4, -0.2) is 79.2 Å². The van der Waals surface area contributed by atoms with E-state index in [0.717, 1.165) is 51.4 Å². The van der Waals surface area contributed by atoms with Crippen molar-refractivity contribution in [3.05, 3.63) is 167 Å². The summed E-state index contributed by atoms with van der Waals surface area (Å²) in [5.74, 6) is -2.29. The van der Waals surface area contributed by atoms with Gasteiger partial charge in [-0.25, -0.2) is 17.6 Å². The molecule has 0 aromatic heterocycles. The van der Waals surface area contributed by atoms with E-state index in [2.05, 4.69) is 92.4 Å². The normalized spacial score (nSPS) is 15.0. The Morgan fingerprint density at radius 1 is 0.459 bits per heavy atom. The molecular weight excluding hydrogens is 893 g/mol. The molecule has 1 saturated heterocycles. The molecule has 0 bridgehead atoms. The van der Waals surface area contributed by atoms with Gasteiger partial charge in [-0.3, -0.25) is 19.6 Å². The summed E-state index contributed by atoms with van der Waals surface area (Å²) < 4.78 is 96.3. The molecule has 1 fully saturated rings. The van der Waals surface area contributed by atoms with E-state index < -0.39 is 30.5 Å². The second kappa shape index (κ2) is 24.2. The second-order valence-electron chi connectivity index (χ2n) is 14.7. The van der Waals surface area contributed by atoms with Crippen LogP contribution in [0.2, 0.25) is 0 Å². The molecule has 0 amide bonds. The summed E-state index contributed by atoms with van der Waals surface area (Å²) in [7, 11) is -6.00. The Labute approximate surface area is 367 Å². The minimum Gasteiger partial charge on any atom is -0.418 e. The quantitative estimate of drug-likeness (QED) is 0.112. The van der Waals surface area contributed by atoms with Gasteiger partial charge < -0.3 is 17.3 Å². The minimum atomic E-state index is -6.00. The zero-order valence-electron chi connectivity index (χ0n) is 33.7. The van der Waals surface area contributed by atoms with Gasteiger partial charge in [0.05, 0.1) is 6.07 Å². The van der Waals surface area contributed by atoms with Gasteiger partial charge in [-0.1, -0.05) is 84.9 Å². The third kappa shape index (κ3) is 16.7. The molecule has 61 heavy (non-hydrogen) atoms. The van der Waals surface area contributed by atoms with E-state index in [1.165, 1.54) is 63.9 Å². The van der Waals surface area contributed by atoms with Crippen LogP contribution >= 0.6 is 0 Å². The molecule has 0 N–H and O–H groups in total. The van der Waals surface area contributed by atoms with Crippen LogP contribution in [0, 0.1) is 34.6 Å². The first-order chi connectivity index (χ1) is 28.8. The maximum absolute atomic E-state index is 14.3. The van der Waals surface area contributed by atoms with Crippen molar-refractivity contribution in [1.29, 1.82) is 5.26 Å². The van der Waals surface area contributed by atoms with Gasteiger partial charge in [-0.2, -0.15) is 5.26 Å². The van der Waals surface area contributed by atoms with Gasteiger partial charge in [0.1, 0.15) is 23.3 Å².